The summed E-state index contributed by atoms with van der Waals surface area (Å²) >= 11 is 3.66. The Kier molecular flexibility index (Phi) is 4.28. The third-order valence-corrected chi connectivity index (χ3v) is 2.69. The summed E-state index contributed by atoms with van der Waals surface area (Å²) in [7, 11) is 0. The van der Waals surface area contributed by atoms with Gasteiger partial charge in [-0.15, -0.1) is 0 Å². The molecule has 0 bridgehead atoms. The molecule has 0 aromatic heterocycles. The Morgan fingerprint density at radius 2 is 2.27 bits per heavy atom. The van der Waals surface area contributed by atoms with E-state index in [1.54, 1.807) is 25.1 Å². The first-order valence-electron chi connectivity index (χ1n) is 4.11. The van der Waals surface area contributed by atoms with E-state index >= 15 is 0 Å². The lowest BCUT2D eigenvalue weighted by atomic mass is 10.1. The minimum absolute atomic E-state index is 0.0826. The highest BCUT2D eigenvalue weighted by Gasteiger charge is 2.14. The van der Waals surface area contributed by atoms with Crippen LogP contribution in [0.2, 0.25) is 0 Å². The topological polar surface area (TPSA) is 60.2 Å². The van der Waals surface area contributed by atoms with Crippen molar-refractivity contribution >= 4 is 33.7 Å². The number of alkyl halides is 1. The zero-order valence-electron chi connectivity index (χ0n) is 7.84. The van der Waals surface area contributed by atoms with Crippen LogP contribution >= 0.6 is 27.9 Å². The molecule has 15 heavy (non-hydrogen) atoms. The predicted octanol–water partition coefficient (Wildman–Crippen LogP) is 2.94. The van der Waals surface area contributed by atoms with Gasteiger partial charge < -0.3 is 0 Å². The largest absolute Gasteiger partial charge is 0.293 e. The van der Waals surface area contributed by atoms with E-state index in [4.69, 9.17) is 0 Å². The van der Waals surface area contributed by atoms with Crippen LogP contribution < -0.4 is 0 Å². The van der Waals surface area contributed by atoms with Gasteiger partial charge in [-0.05, 0) is 19.1 Å². The average molecular weight is 290 g/mol. The highest BCUT2D eigenvalue weighted by molar-refractivity contribution is 9.10. The molecule has 1 aromatic carbocycles. The summed E-state index contributed by atoms with van der Waals surface area (Å²) in [5, 5.41) is 10.3. The van der Waals surface area contributed by atoms with E-state index in [2.05, 4.69) is 15.9 Å². The zero-order valence-corrected chi connectivity index (χ0v) is 10.2. The second-order valence-electron chi connectivity index (χ2n) is 2.82. The highest BCUT2D eigenvalue weighted by atomic mass is 79.9. The maximum atomic E-state index is 11.6. The summed E-state index contributed by atoms with van der Waals surface area (Å²) in [6.07, 6.45) is 0. The smallest absolute Gasteiger partial charge is 0.265 e. The Labute approximate surface area is 99.5 Å². The molecule has 0 saturated carbocycles. The number of rotatable bonds is 4. The first kappa shape index (κ1) is 12.2. The number of halogens is 1. The standard InChI is InChI=1S/C9H8BrNO3S/c1-6(10)9(12)7-3-2-4-8(5-7)15-11(13)14/h2-6H,1H3. The maximum Gasteiger partial charge on any atom is 0.265 e. The normalized spacial score (nSPS) is 12.1. The molecule has 80 valence electrons. The molecule has 1 aromatic rings. The molecule has 0 aliphatic rings. The molecule has 4 nitrogen and oxygen atoms in total. The van der Waals surface area contributed by atoms with E-state index in [-0.39, 0.29) is 10.6 Å². The number of carbonyl (C=O) groups excluding carboxylic acids is 1. The van der Waals surface area contributed by atoms with Crippen LogP contribution in [-0.2, 0) is 0 Å². The first-order valence-corrected chi connectivity index (χ1v) is 5.80. The molecular weight excluding hydrogens is 282 g/mol. The predicted molar refractivity (Wildman–Crippen MR) is 62.0 cm³/mol. The van der Waals surface area contributed by atoms with Crippen molar-refractivity contribution in [3.8, 4) is 0 Å². The molecule has 0 aliphatic carbocycles. The van der Waals surface area contributed by atoms with Crippen LogP contribution in [0.4, 0.5) is 0 Å². The van der Waals surface area contributed by atoms with Gasteiger partial charge in [-0.3, -0.25) is 14.9 Å². The van der Waals surface area contributed by atoms with Gasteiger partial charge in [-0.25, -0.2) is 0 Å². The number of ketones is 1. The molecule has 0 aliphatic heterocycles. The molecule has 1 rings (SSSR count). The quantitative estimate of drug-likeness (QED) is 0.281. The lowest BCUT2D eigenvalue weighted by molar-refractivity contribution is -0.284. The van der Waals surface area contributed by atoms with Crippen molar-refractivity contribution in [3.05, 3.63) is 39.9 Å². The van der Waals surface area contributed by atoms with Gasteiger partial charge in [0.15, 0.2) is 5.78 Å². The molecule has 0 spiro atoms. The molecule has 0 fully saturated rings. The molecule has 1 atom stereocenters. The van der Waals surface area contributed by atoms with Crippen LogP contribution in [0, 0.1) is 10.1 Å². The number of hydrogen-bond acceptors (Lipinski definition) is 4. The number of nitrogens with zero attached hydrogens (tertiary/aromatic N) is 1. The molecule has 6 heteroatoms. The van der Waals surface area contributed by atoms with Crippen molar-refractivity contribution in [1.82, 2.24) is 0 Å². The number of Topliss-reactive ketones (excluding diaryl/α,β-unsaturated/α-hetero) is 1. The second kappa shape index (κ2) is 5.27. The van der Waals surface area contributed by atoms with E-state index in [0.29, 0.717) is 22.4 Å². The van der Waals surface area contributed by atoms with Crippen LogP contribution in [0.25, 0.3) is 0 Å². The van der Waals surface area contributed by atoms with Gasteiger partial charge in [0, 0.05) is 5.56 Å². The Hall–Kier alpha value is -0.880. The SMILES string of the molecule is CC(Br)C(=O)c1cccc(S[N+](=O)[O-])c1. The van der Waals surface area contributed by atoms with E-state index in [9.17, 15) is 14.9 Å². The Bertz CT molecular complexity index is 395. The summed E-state index contributed by atoms with van der Waals surface area (Å²) in [5.74, 6) is -0.0826. The van der Waals surface area contributed by atoms with Gasteiger partial charge in [-0.1, -0.05) is 28.1 Å². The van der Waals surface area contributed by atoms with Crippen molar-refractivity contribution in [2.45, 2.75) is 16.6 Å². The minimum atomic E-state index is -0.499. The van der Waals surface area contributed by atoms with Crippen molar-refractivity contribution in [2.75, 3.05) is 0 Å². The van der Waals surface area contributed by atoms with Crippen molar-refractivity contribution in [2.24, 2.45) is 0 Å². The van der Waals surface area contributed by atoms with Crippen LogP contribution in [0.1, 0.15) is 17.3 Å². The third-order valence-electron chi connectivity index (χ3n) is 1.66. The van der Waals surface area contributed by atoms with Crippen LogP contribution in [0.5, 0.6) is 0 Å². The molecule has 0 amide bonds. The van der Waals surface area contributed by atoms with Gasteiger partial charge in [-0.2, -0.15) is 0 Å². The summed E-state index contributed by atoms with van der Waals surface area (Å²) in [6.45, 7) is 1.72. The summed E-state index contributed by atoms with van der Waals surface area (Å²) in [4.78, 5) is 22.0. The number of benzene rings is 1. The lowest BCUT2D eigenvalue weighted by Crippen LogP contribution is -2.09. The van der Waals surface area contributed by atoms with Crippen molar-refractivity contribution in [1.29, 1.82) is 0 Å². The lowest BCUT2D eigenvalue weighted by Gasteiger charge is -2.02. The van der Waals surface area contributed by atoms with Gasteiger partial charge >= 0.3 is 0 Å². The fourth-order valence-electron chi connectivity index (χ4n) is 1.02. The van der Waals surface area contributed by atoms with E-state index < -0.39 is 4.33 Å². The Morgan fingerprint density at radius 1 is 1.60 bits per heavy atom. The minimum Gasteiger partial charge on any atom is -0.293 e. The summed E-state index contributed by atoms with van der Waals surface area (Å²) in [6, 6.07) is 6.40. The van der Waals surface area contributed by atoms with Gasteiger partial charge in [0.2, 0.25) is 0 Å². The number of hydrogen-bond donors (Lipinski definition) is 0. The molecular formula is C9H8BrNO3S. The molecule has 1 unspecified atom stereocenters. The molecule has 0 saturated heterocycles. The van der Waals surface area contributed by atoms with Gasteiger partial charge in [0.05, 0.1) is 9.72 Å². The Balaban J connectivity index is 2.92. The fraction of sp³-hybridized carbons (Fsp3) is 0.222. The summed E-state index contributed by atoms with van der Waals surface area (Å²) in [5.41, 5.74) is 0.478. The second-order valence-corrected chi connectivity index (χ2v) is 5.15. The maximum absolute atomic E-state index is 11.6. The van der Waals surface area contributed by atoms with Crippen LogP contribution in [0.3, 0.4) is 0 Å². The zero-order chi connectivity index (χ0) is 11.4. The van der Waals surface area contributed by atoms with E-state index in [1.165, 1.54) is 6.07 Å². The molecule has 0 heterocycles. The number of carbonyl (C=O) groups is 1. The van der Waals surface area contributed by atoms with Gasteiger partial charge in [0.1, 0.15) is 4.33 Å². The van der Waals surface area contributed by atoms with E-state index in [0.717, 1.165) is 0 Å². The number of nitro groups is 1. The summed E-state index contributed by atoms with van der Waals surface area (Å²) < 4.78 is -0.499. The van der Waals surface area contributed by atoms with Gasteiger partial charge in [0.25, 0.3) is 11.9 Å². The first-order chi connectivity index (χ1) is 7.00. The molecule has 0 N–H and O–H groups in total. The fourth-order valence-corrected chi connectivity index (χ4v) is 1.78. The Morgan fingerprint density at radius 3 is 2.80 bits per heavy atom. The molecule has 0 radical (unpaired) electrons. The van der Waals surface area contributed by atoms with Crippen LogP contribution in [-0.4, -0.2) is 14.9 Å². The highest BCUT2D eigenvalue weighted by Crippen LogP contribution is 2.20. The van der Waals surface area contributed by atoms with E-state index in [1.807, 2.05) is 0 Å². The third kappa shape index (κ3) is 3.64. The van der Waals surface area contributed by atoms with Crippen LogP contribution in [0.15, 0.2) is 29.2 Å². The van der Waals surface area contributed by atoms with Crippen molar-refractivity contribution in [3.63, 3.8) is 0 Å². The van der Waals surface area contributed by atoms with Crippen molar-refractivity contribution < 1.29 is 9.12 Å². The average Bonchev–Trinajstić information content (AvgIpc) is 2.16. The monoisotopic (exact) mass is 289 g/mol.